The molecule has 100 valence electrons. The summed E-state index contributed by atoms with van der Waals surface area (Å²) in [5, 5.41) is 0.770. The SMILES string of the molecule is Cc1ccc(-c2ccc(Cl)cc2)n1Cc1ccccc1. The molecule has 0 amide bonds. The van der Waals surface area contributed by atoms with E-state index in [4.69, 9.17) is 11.6 Å². The molecule has 0 saturated heterocycles. The molecule has 1 heterocycles. The first-order valence-electron chi connectivity index (χ1n) is 6.70. The third kappa shape index (κ3) is 2.63. The van der Waals surface area contributed by atoms with Gasteiger partial charge in [0.25, 0.3) is 0 Å². The van der Waals surface area contributed by atoms with Crippen molar-refractivity contribution >= 4 is 11.6 Å². The maximum Gasteiger partial charge on any atom is 0.0485 e. The third-order valence-electron chi connectivity index (χ3n) is 3.52. The van der Waals surface area contributed by atoms with E-state index in [9.17, 15) is 0 Å². The van der Waals surface area contributed by atoms with E-state index in [0.717, 1.165) is 11.6 Å². The minimum atomic E-state index is 0.770. The van der Waals surface area contributed by atoms with Crippen LogP contribution in [0, 0.1) is 6.92 Å². The summed E-state index contributed by atoms with van der Waals surface area (Å²) < 4.78 is 2.33. The van der Waals surface area contributed by atoms with E-state index in [1.165, 1.54) is 22.5 Å². The Morgan fingerprint density at radius 3 is 2.25 bits per heavy atom. The zero-order chi connectivity index (χ0) is 13.9. The van der Waals surface area contributed by atoms with Crippen molar-refractivity contribution in [2.45, 2.75) is 13.5 Å². The Labute approximate surface area is 124 Å². The molecule has 0 saturated carbocycles. The van der Waals surface area contributed by atoms with Gasteiger partial charge in [-0.2, -0.15) is 0 Å². The molecular formula is C18H16ClN. The van der Waals surface area contributed by atoms with Crippen LogP contribution in [0.2, 0.25) is 5.02 Å². The number of aryl methyl sites for hydroxylation is 1. The Morgan fingerprint density at radius 1 is 0.850 bits per heavy atom. The molecule has 3 aromatic rings. The first-order valence-corrected chi connectivity index (χ1v) is 7.08. The summed E-state index contributed by atoms with van der Waals surface area (Å²) in [6.45, 7) is 3.03. The maximum atomic E-state index is 5.97. The summed E-state index contributed by atoms with van der Waals surface area (Å²) in [6.07, 6.45) is 0. The molecule has 0 unspecified atom stereocenters. The Kier molecular flexibility index (Phi) is 3.62. The molecule has 0 radical (unpaired) electrons. The van der Waals surface area contributed by atoms with Crippen LogP contribution in [0.25, 0.3) is 11.3 Å². The first-order chi connectivity index (χ1) is 9.74. The summed E-state index contributed by atoms with van der Waals surface area (Å²) in [4.78, 5) is 0. The van der Waals surface area contributed by atoms with E-state index in [1.54, 1.807) is 0 Å². The number of aromatic nitrogens is 1. The standard InChI is InChI=1S/C18H16ClN/c1-14-7-12-18(16-8-10-17(19)11-9-16)20(14)13-15-5-3-2-4-6-15/h2-12H,13H2,1H3. The smallest absolute Gasteiger partial charge is 0.0485 e. The van der Waals surface area contributed by atoms with Gasteiger partial charge in [-0.1, -0.05) is 54.1 Å². The second kappa shape index (κ2) is 5.56. The molecule has 0 aliphatic rings. The number of hydrogen-bond donors (Lipinski definition) is 0. The number of hydrogen-bond acceptors (Lipinski definition) is 0. The normalized spacial score (nSPS) is 10.7. The molecule has 0 aliphatic carbocycles. The highest BCUT2D eigenvalue weighted by molar-refractivity contribution is 6.30. The van der Waals surface area contributed by atoms with Gasteiger partial charge in [0.15, 0.2) is 0 Å². The molecule has 0 N–H and O–H groups in total. The van der Waals surface area contributed by atoms with Gasteiger partial charge in [-0.15, -0.1) is 0 Å². The van der Waals surface area contributed by atoms with Crippen LogP contribution < -0.4 is 0 Å². The molecule has 0 spiro atoms. The van der Waals surface area contributed by atoms with E-state index in [0.29, 0.717) is 0 Å². The summed E-state index contributed by atoms with van der Waals surface area (Å²) in [5.41, 5.74) is 4.99. The molecule has 2 aromatic carbocycles. The van der Waals surface area contributed by atoms with Crippen molar-refractivity contribution in [3.05, 3.63) is 83.0 Å². The third-order valence-corrected chi connectivity index (χ3v) is 3.77. The summed E-state index contributed by atoms with van der Waals surface area (Å²) in [6, 6.07) is 22.9. The fourth-order valence-corrected chi connectivity index (χ4v) is 2.54. The van der Waals surface area contributed by atoms with Gasteiger partial charge in [-0.25, -0.2) is 0 Å². The monoisotopic (exact) mass is 281 g/mol. The quantitative estimate of drug-likeness (QED) is 0.624. The molecule has 0 fully saturated rings. The molecule has 0 atom stereocenters. The molecule has 20 heavy (non-hydrogen) atoms. The van der Waals surface area contributed by atoms with Crippen molar-refractivity contribution in [2.75, 3.05) is 0 Å². The maximum absolute atomic E-state index is 5.97. The summed E-state index contributed by atoms with van der Waals surface area (Å²) in [5.74, 6) is 0. The van der Waals surface area contributed by atoms with Gasteiger partial charge in [-0.05, 0) is 42.3 Å². The van der Waals surface area contributed by atoms with Gasteiger partial charge in [0.1, 0.15) is 0 Å². The minimum Gasteiger partial charge on any atom is -0.340 e. The van der Waals surface area contributed by atoms with Gasteiger partial charge < -0.3 is 4.57 Å². The molecule has 3 rings (SSSR count). The van der Waals surface area contributed by atoms with Crippen LogP contribution in [0.5, 0.6) is 0 Å². The zero-order valence-corrected chi connectivity index (χ0v) is 12.1. The van der Waals surface area contributed by atoms with Crippen LogP contribution in [0.15, 0.2) is 66.7 Å². The Morgan fingerprint density at radius 2 is 1.55 bits per heavy atom. The number of nitrogens with zero attached hydrogens (tertiary/aromatic N) is 1. The fraction of sp³-hybridized carbons (Fsp3) is 0.111. The van der Waals surface area contributed by atoms with Crippen LogP contribution in [-0.4, -0.2) is 4.57 Å². The van der Waals surface area contributed by atoms with Crippen molar-refractivity contribution < 1.29 is 0 Å². The second-order valence-corrected chi connectivity index (χ2v) is 5.38. The van der Waals surface area contributed by atoms with Crippen LogP contribution >= 0.6 is 11.6 Å². The number of benzene rings is 2. The predicted octanol–water partition coefficient (Wildman–Crippen LogP) is 5.17. The minimum absolute atomic E-state index is 0.770. The largest absolute Gasteiger partial charge is 0.340 e. The summed E-state index contributed by atoms with van der Waals surface area (Å²) in [7, 11) is 0. The van der Waals surface area contributed by atoms with Gasteiger partial charge >= 0.3 is 0 Å². The predicted molar refractivity (Wildman–Crippen MR) is 85.2 cm³/mol. The number of rotatable bonds is 3. The molecule has 1 nitrogen and oxygen atoms in total. The van der Waals surface area contributed by atoms with Crippen molar-refractivity contribution in [3.8, 4) is 11.3 Å². The van der Waals surface area contributed by atoms with Gasteiger partial charge in [-0.3, -0.25) is 0 Å². The first kappa shape index (κ1) is 13.0. The van der Waals surface area contributed by atoms with E-state index < -0.39 is 0 Å². The fourth-order valence-electron chi connectivity index (χ4n) is 2.42. The average Bonchev–Trinajstić information content (AvgIpc) is 2.83. The van der Waals surface area contributed by atoms with Gasteiger partial charge in [0.2, 0.25) is 0 Å². The Hall–Kier alpha value is -1.99. The van der Waals surface area contributed by atoms with Crippen molar-refractivity contribution in [2.24, 2.45) is 0 Å². The highest BCUT2D eigenvalue weighted by Crippen LogP contribution is 2.25. The lowest BCUT2D eigenvalue weighted by Crippen LogP contribution is -2.03. The average molecular weight is 282 g/mol. The highest BCUT2D eigenvalue weighted by Gasteiger charge is 2.07. The molecular weight excluding hydrogens is 266 g/mol. The van der Waals surface area contributed by atoms with E-state index in [-0.39, 0.29) is 0 Å². The van der Waals surface area contributed by atoms with Crippen LogP contribution in [0.4, 0.5) is 0 Å². The lowest BCUT2D eigenvalue weighted by molar-refractivity contribution is 0.784. The van der Waals surface area contributed by atoms with E-state index in [2.05, 4.69) is 60.0 Å². The lowest BCUT2D eigenvalue weighted by Gasteiger charge is -2.12. The topological polar surface area (TPSA) is 4.93 Å². The van der Waals surface area contributed by atoms with Crippen LogP contribution in [0.3, 0.4) is 0 Å². The molecule has 0 bridgehead atoms. The van der Waals surface area contributed by atoms with Crippen LogP contribution in [0.1, 0.15) is 11.3 Å². The lowest BCUT2D eigenvalue weighted by atomic mass is 10.1. The van der Waals surface area contributed by atoms with E-state index >= 15 is 0 Å². The Bertz CT molecular complexity index is 696. The van der Waals surface area contributed by atoms with E-state index in [1.807, 2.05) is 18.2 Å². The molecule has 1 aromatic heterocycles. The Balaban J connectivity index is 1.99. The number of halogens is 1. The summed E-state index contributed by atoms with van der Waals surface area (Å²) >= 11 is 5.97. The highest BCUT2D eigenvalue weighted by atomic mass is 35.5. The van der Waals surface area contributed by atoms with Crippen molar-refractivity contribution in [1.29, 1.82) is 0 Å². The van der Waals surface area contributed by atoms with Gasteiger partial charge in [0.05, 0.1) is 0 Å². The van der Waals surface area contributed by atoms with Crippen LogP contribution in [-0.2, 0) is 6.54 Å². The zero-order valence-electron chi connectivity index (χ0n) is 11.4. The van der Waals surface area contributed by atoms with Crippen molar-refractivity contribution in [3.63, 3.8) is 0 Å². The van der Waals surface area contributed by atoms with Gasteiger partial charge in [0, 0.05) is 23.0 Å². The second-order valence-electron chi connectivity index (χ2n) is 4.94. The van der Waals surface area contributed by atoms with Crippen molar-refractivity contribution in [1.82, 2.24) is 4.57 Å². The molecule has 2 heteroatoms. The molecule has 0 aliphatic heterocycles.